The highest BCUT2D eigenvalue weighted by atomic mass is 32.2. The number of nitrogens with zero attached hydrogens (tertiary/aromatic N) is 2. The second-order valence-electron chi connectivity index (χ2n) is 6.13. The molecular formula is C18H20N4O5S. The smallest absolute Gasteiger partial charge is 0.338 e. The first-order valence-corrected chi connectivity index (χ1v) is 10.0. The van der Waals surface area contributed by atoms with Crippen molar-refractivity contribution in [2.75, 3.05) is 11.3 Å². The Balaban J connectivity index is 1.95. The van der Waals surface area contributed by atoms with Gasteiger partial charge in [0.05, 0.1) is 17.7 Å². The predicted octanol–water partition coefficient (Wildman–Crippen LogP) is 2.97. The van der Waals surface area contributed by atoms with E-state index in [1.807, 2.05) is 0 Å². The lowest BCUT2D eigenvalue weighted by molar-refractivity contribution is 0.0526. The molecule has 10 heteroatoms. The monoisotopic (exact) mass is 404 g/mol. The van der Waals surface area contributed by atoms with Gasteiger partial charge in [0.25, 0.3) is 15.9 Å². The van der Waals surface area contributed by atoms with E-state index in [0.717, 1.165) is 0 Å². The molecule has 2 aromatic heterocycles. The number of nitrogens with one attached hydrogen (secondary N) is 2. The van der Waals surface area contributed by atoms with Crippen LogP contribution < -0.4 is 4.72 Å². The fourth-order valence-electron chi connectivity index (χ4n) is 2.85. The van der Waals surface area contributed by atoms with E-state index in [2.05, 4.69) is 19.8 Å². The van der Waals surface area contributed by atoms with Crippen LogP contribution in [0.2, 0.25) is 0 Å². The first-order chi connectivity index (χ1) is 13.2. The van der Waals surface area contributed by atoms with Crippen molar-refractivity contribution in [1.29, 1.82) is 0 Å². The summed E-state index contributed by atoms with van der Waals surface area (Å²) in [6.45, 7) is 7.01. The van der Waals surface area contributed by atoms with Crippen molar-refractivity contribution < 1.29 is 22.5 Å². The van der Waals surface area contributed by atoms with Crippen molar-refractivity contribution in [2.24, 2.45) is 0 Å². The Kier molecular flexibility index (Phi) is 5.23. The number of hydrogen-bond acceptors (Lipinski definition) is 7. The largest absolute Gasteiger partial charge is 0.462 e. The van der Waals surface area contributed by atoms with Crippen LogP contribution in [0.4, 0.5) is 5.69 Å². The summed E-state index contributed by atoms with van der Waals surface area (Å²) in [5, 5.41) is 3.73. The molecule has 0 bridgehead atoms. The maximum atomic E-state index is 13.0. The number of carbonyl (C=O) groups is 1. The van der Waals surface area contributed by atoms with E-state index < -0.39 is 16.0 Å². The number of sulfonamides is 1. The predicted molar refractivity (Wildman–Crippen MR) is 102 cm³/mol. The SMILES string of the molecule is CCOC(=O)c1ccc(NS(=O)(=O)c2c(C)[nH]c(C)c2-c2nc(C)no2)cc1. The molecule has 3 aromatic rings. The Labute approximate surface area is 162 Å². The molecule has 0 atom stereocenters. The number of aryl methyl sites for hydroxylation is 3. The average Bonchev–Trinajstić information content (AvgIpc) is 3.17. The maximum Gasteiger partial charge on any atom is 0.338 e. The Morgan fingerprint density at radius 1 is 1.18 bits per heavy atom. The molecule has 0 saturated heterocycles. The summed E-state index contributed by atoms with van der Waals surface area (Å²) in [4.78, 5) is 18.9. The minimum absolute atomic E-state index is 0.0307. The number of aromatic amines is 1. The van der Waals surface area contributed by atoms with Gasteiger partial charge in [-0.05, 0) is 52.0 Å². The lowest BCUT2D eigenvalue weighted by atomic mass is 10.2. The Morgan fingerprint density at radius 2 is 1.86 bits per heavy atom. The molecule has 0 aliphatic rings. The van der Waals surface area contributed by atoms with Gasteiger partial charge >= 0.3 is 5.97 Å². The minimum Gasteiger partial charge on any atom is -0.462 e. The van der Waals surface area contributed by atoms with Gasteiger partial charge in [0.1, 0.15) is 4.90 Å². The first kappa shape index (κ1) is 19.6. The highest BCUT2D eigenvalue weighted by Gasteiger charge is 2.29. The molecule has 0 unspecified atom stereocenters. The van der Waals surface area contributed by atoms with Gasteiger partial charge in [-0.25, -0.2) is 13.2 Å². The molecule has 3 rings (SSSR count). The standard InChI is InChI=1S/C18H20N4O5S/c1-5-26-18(23)13-6-8-14(9-7-13)22-28(24,25)16-11(3)19-10(2)15(16)17-20-12(4)21-27-17/h6-9,19,22H,5H2,1-4H3. The van der Waals surface area contributed by atoms with Gasteiger partial charge in [0.2, 0.25) is 0 Å². The molecule has 0 saturated carbocycles. The summed E-state index contributed by atoms with van der Waals surface area (Å²) in [6, 6.07) is 5.98. The van der Waals surface area contributed by atoms with Gasteiger partial charge in [-0.2, -0.15) is 4.98 Å². The number of carbonyl (C=O) groups excluding carboxylic acids is 1. The fraction of sp³-hybridized carbons (Fsp3) is 0.278. The molecule has 0 fully saturated rings. The third kappa shape index (κ3) is 3.77. The van der Waals surface area contributed by atoms with Gasteiger partial charge in [0, 0.05) is 17.1 Å². The van der Waals surface area contributed by atoms with Crippen molar-refractivity contribution in [2.45, 2.75) is 32.6 Å². The van der Waals surface area contributed by atoms with E-state index in [1.54, 1.807) is 27.7 Å². The summed E-state index contributed by atoms with van der Waals surface area (Å²) in [5.41, 5.74) is 2.01. The Hall–Kier alpha value is -3.14. The van der Waals surface area contributed by atoms with Crippen LogP contribution in [0.3, 0.4) is 0 Å². The maximum absolute atomic E-state index is 13.0. The zero-order chi connectivity index (χ0) is 20.5. The van der Waals surface area contributed by atoms with Gasteiger partial charge in [-0.1, -0.05) is 5.16 Å². The van der Waals surface area contributed by atoms with Crippen LogP contribution in [-0.4, -0.2) is 36.1 Å². The summed E-state index contributed by atoms with van der Waals surface area (Å²) in [5.74, 6) is 0.0551. The summed E-state index contributed by atoms with van der Waals surface area (Å²) >= 11 is 0. The average molecular weight is 404 g/mol. The molecule has 1 aromatic carbocycles. The molecule has 2 N–H and O–H groups in total. The molecule has 2 heterocycles. The second kappa shape index (κ2) is 7.47. The van der Waals surface area contributed by atoms with E-state index in [4.69, 9.17) is 9.26 Å². The fourth-order valence-corrected chi connectivity index (χ4v) is 4.36. The van der Waals surface area contributed by atoms with Gasteiger partial charge < -0.3 is 14.2 Å². The van der Waals surface area contributed by atoms with Crippen LogP contribution in [0.5, 0.6) is 0 Å². The number of hydrogen-bond donors (Lipinski definition) is 2. The molecule has 0 spiro atoms. The minimum atomic E-state index is -3.96. The summed E-state index contributed by atoms with van der Waals surface area (Å²) in [7, 11) is -3.96. The highest BCUT2D eigenvalue weighted by molar-refractivity contribution is 7.93. The molecule has 0 aliphatic heterocycles. The number of benzene rings is 1. The summed E-state index contributed by atoms with van der Waals surface area (Å²) in [6.07, 6.45) is 0. The number of rotatable bonds is 6. The van der Waals surface area contributed by atoms with Crippen LogP contribution in [0.25, 0.3) is 11.5 Å². The summed E-state index contributed by atoms with van der Waals surface area (Å²) < 4.78 is 38.7. The van der Waals surface area contributed by atoms with Crippen LogP contribution in [0.15, 0.2) is 33.7 Å². The normalized spacial score (nSPS) is 11.4. The molecule has 148 valence electrons. The Morgan fingerprint density at radius 3 is 2.43 bits per heavy atom. The number of esters is 1. The van der Waals surface area contributed by atoms with Crippen molar-refractivity contribution >= 4 is 21.7 Å². The van der Waals surface area contributed by atoms with Crippen molar-refractivity contribution in [3.05, 3.63) is 47.0 Å². The van der Waals surface area contributed by atoms with E-state index in [9.17, 15) is 13.2 Å². The quantitative estimate of drug-likeness (QED) is 0.605. The van der Waals surface area contributed by atoms with Gasteiger partial charge in [-0.15, -0.1) is 0 Å². The molecular weight excluding hydrogens is 384 g/mol. The molecule has 0 amide bonds. The number of H-pyrrole nitrogens is 1. The van der Waals surface area contributed by atoms with E-state index in [0.29, 0.717) is 34.0 Å². The lowest BCUT2D eigenvalue weighted by Crippen LogP contribution is -2.14. The molecule has 28 heavy (non-hydrogen) atoms. The van der Waals surface area contributed by atoms with Gasteiger partial charge in [0.15, 0.2) is 5.82 Å². The zero-order valence-corrected chi connectivity index (χ0v) is 16.7. The van der Waals surface area contributed by atoms with Crippen LogP contribution in [0.1, 0.15) is 34.5 Å². The number of aromatic nitrogens is 3. The Bertz CT molecular complexity index is 1110. The van der Waals surface area contributed by atoms with Crippen LogP contribution >= 0.6 is 0 Å². The van der Waals surface area contributed by atoms with Crippen LogP contribution in [0, 0.1) is 20.8 Å². The third-order valence-corrected chi connectivity index (χ3v) is 5.53. The number of ether oxygens (including phenoxy) is 1. The van der Waals surface area contributed by atoms with E-state index in [-0.39, 0.29) is 17.4 Å². The molecule has 0 radical (unpaired) electrons. The van der Waals surface area contributed by atoms with Crippen LogP contribution in [-0.2, 0) is 14.8 Å². The zero-order valence-electron chi connectivity index (χ0n) is 15.9. The highest BCUT2D eigenvalue weighted by Crippen LogP contribution is 2.33. The molecule has 9 nitrogen and oxygen atoms in total. The van der Waals surface area contributed by atoms with Gasteiger partial charge in [-0.3, -0.25) is 4.72 Å². The second-order valence-corrected chi connectivity index (χ2v) is 7.75. The van der Waals surface area contributed by atoms with Crippen molar-refractivity contribution in [3.8, 4) is 11.5 Å². The third-order valence-electron chi connectivity index (χ3n) is 3.98. The lowest BCUT2D eigenvalue weighted by Gasteiger charge is -2.10. The van der Waals surface area contributed by atoms with Crippen molar-refractivity contribution in [1.82, 2.24) is 15.1 Å². The van der Waals surface area contributed by atoms with E-state index >= 15 is 0 Å². The molecule has 0 aliphatic carbocycles. The van der Waals surface area contributed by atoms with Crippen molar-refractivity contribution in [3.63, 3.8) is 0 Å². The van der Waals surface area contributed by atoms with E-state index in [1.165, 1.54) is 24.3 Å². The number of anilines is 1. The first-order valence-electron chi connectivity index (χ1n) is 8.52. The topological polar surface area (TPSA) is 127 Å².